The molecule has 2 rings (SSSR count). The fourth-order valence-electron chi connectivity index (χ4n) is 1.94. The highest BCUT2D eigenvalue weighted by atomic mass is 32.2. The average molecular weight is 394 g/mol. The van der Waals surface area contributed by atoms with Crippen LogP contribution in [0.4, 0.5) is 5.69 Å². The van der Waals surface area contributed by atoms with Crippen LogP contribution in [-0.2, 0) is 24.3 Å². The van der Waals surface area contributed by atoms with Gasteiger partial charge in [-0.15, -0.1) is 11.8 Å². The van der Waals surface area contributed by atoms with Crippen molar-refractivity contribution in [2.45, 2.75) is 22.8 Å². The lowest BCUT2D eigenvalue weighted by molar-refractivity contribution is -0.150. The summed E-state index contributed by atoms with van der Waals surface area (Å²) in [5.41, 5.74) is 0.239. The molecule has 138 valence electrons. The maximum atomic E-state index is 12.1. The number of nitrogens with two attached hydrogens (primary N) is 1. The van der Waals surface area contributed by atoms with E-state index < -0.39 is 28.0 Å². The number of thioether (sulfide) groups is 1. The van der Waals surface area contributed by atoms with Crippen LogP contribution < -0.4 is 10.5 Å². The third-order valence-electron chi connectivity index (χ3n) is 3.21. The van der Waals surface area contributed by atoms with Gasteiger partial charge in [0, 0.05) is 10.6 Å². The monoisotopic (exact) mass is 394 g/mol. The van der Waals surface area contributed by atoms with Gasteiger partial charge in [0.1, 0.15) is 0 Å². The first-order valence-corrected chi connectivity index (χ1v) is 10.1. The first kappa shape index (κ1) is 20.0. The number of hydrogen-bond acceptors (Lipinski definition) is 6. The van der Waals surface area contributed by atoms with Crippen LogP contribution in [0, 0.1) is 0 Å². The van der Waals surface area contributed by atoms with E-state index in [9.17, 15) is 18.0 Å². The fraction of sp³-hybridized carbons (Fsp3) is 0.176. The molecule has 0 aliphatic carbocycles. The van der Waals surface area contributed by atoms with Gasteiger partial charge in [0.05, 0.1) is 10.6 Å². The zero-order valence-electron chi connectivity index (χ0n) is 13.9. The molecule has 7 nitrogen and oxygen atoms in total. The number of nitrogens with one attached hydrogen (secondary N) is 1. The number of benzene rings is 2. The van der Waals surface area contributed by atoms with Crippen molar-refractivity contribution in [3.05, 3.63) is 54.6 Å². The van der Waals surface area contributed by atoms with E-state index in [0.717, 1.165) is 4.90 Å². The molecule has 2 aromatic carbocycles. The van der Waals surface area contributed by atoms with E-state index in [-0.39, 0.29) is 16.3 Å². The molecule has 0 radical (unpaired) electrons. The Kier molecular flexibility index (Phi) is 6.78. The van der Waals surface area contributed by atoms with Gasteiger partial charge in [-0.1, -0.05) is 24.3 Å². The summed E-state index contributed by atoms with van der Waals surface area (Å²) in [7, 11) is -3.87. The van der Waals surface area contributed by atoms with Gasteiger partial charge in [-0.2, -0.15) is 0 Å². The third-order valence-corrected chi connectivity index (χ3v) is 5.10. The molecular weight excluding hydrogens is 376 g/mol. The van der Waals surface area contributed by atoms with Gasteiger partial charge in [-0.25, -0.2) is 13.6 Å². The van der Waals surface area contributed by atoms with Crippen LogP contribution in [0.2, 0.25) is 0 Å². The van der Waals surface area contributed by atoms with Gasteiger partial charge < -0.3 is 10.1 Å². The topological polar surface area (TPSA) is 116 Å². The third kappa shape index (κ3) is 6.17. The number of carbonyl (C=O) groups excluding carboxylic acids is 2. The number of sulfonamides is 1. The van der Waals surface area contributed by atoms with Gasteiger partial charge in [0.15, 0.2) is 6.10 Å². The first-order chi connectivity index (χ1) is 12.3. The smallest absolute Gasteiger partial charge is 0.317 e. The highest BCUT2D eigenvalue weighted by molar-refractivity contribution is 8.00. The van der Waals surface area contributed by atoms with Crippen LogP contribution in [0.25, 0.3) is 0 Å². The summed E-state index contributed by atoms with van der Waals surface area (Å²) >= 11 is 1.30. The molecule has 9 heteroatoms. The Balaban J connectivity index is 1.88. The van der Waals surface area contributed by atoms with Crippen molar-refractivity contribution in [1.29, 1.82) is 0 Å². The molecule has 0 bridgehead atoms. The molecule has 0 saturated heterocycles. The Hall–Kier alpha value is -2.36. The SMILES string of the molecule is C[C@H](OC(=O)CSc1ccccc1)C(=O)Nc1cccc(S(N)(=O)=O)c1. The second kappa shape index (κ2) is 8.84. The molecule has 0 aromatic heterocycles. The minimum Gasteiger partial charge on any atom is -0.452 e. The van der Waals surface area contributed by atoms with Crippen molar-refractivity contribution >= 4 is 39.3 Å². The zero-order chi connectivity index (χ0) is 19.2. The normalized spacial score (nSPS) is 12.2. The highest BCUT2D eigenvalue weighted by Crippen LogP contribution is 2.18. The second-order valence-electron chi connectivity index (χ2n) is 5.30. The maximum Gasteiger partial charge on any atom is 0.317 e. The number of rotatable bonds is 7. The van der Waals surface area contributed by atoms with Crippen LogP contribution in [0.3, 0.4) is 0 Å². The Morgan fingerprint density at radius 2 is 1.85 bits per heavy atom. The van der Waals surface area contributed by atoms with Gasteiger partial charge in [-0.3, -0.25) is 9.59 Å². The predicted molar refractivity (Wildman–Crippen MR) is 99.2 cm³/mol. The Morgan fingerprint density at radius 3 is 2.50 bits per heavy atom. The zero-order valence-corrected chi connectivity index (χ0v) is 15.5. The van der Waals surface area contributed by atoms with E-state index in [0.29, 0.717) is 0 Å². The van der Waals surface area contributed by atoms with Gasteiger partial charge in [-0.05, 0) is 37.3 Å². The van der Waals surface area contributed by atoms with Crippen LogP contribution in [0.15, 0.2) is 64.4 Å². The van der Waals surface area contributed by atoms with E-state index in [1.807, 2.05) is 30.3 Å². The first-order valence-electron chi connectivity index (χ1n) is 7.57. The maximum absolute atomic E-state index is 12.1. The van der Waals surface area contributed by atoms with Crippen molar-refractivity contribution in [3.8, 4) is 0 Å². The summed E-state index contributed by atoms with van der Waals surface area (Å²) in [6, 6.07) is 14.8. The highest BCUT2D eigenvalue weighted by Gasteiger charge is 2.18. The molecule has 0 saturated carbocycles. The number of amides is 1. The van der Waals surface area contributed by atoms with Gasteiger partial charge >= 0.3 is 5.97 Å². The van der Waals surface area contributed by atoms with Crippen LogP contribution in [0.1, 0.15) is 6.92 Å². The lowest BCUT2D eigenvalue weighted by atomic mass is 10.3. The van der Waals surface area contributed by atoms with E-state index in [1.54, 1.807) is 0 Å². The quantitative estimate of drug-likeness (QED) is 0.548. The Morgan fingerprint density at radius 1 is 1.15 bits per heavy atom. The molecule has 1 amide bonds. The molecule has 0 aliphatic rings. The summed E-state index contributed by atoms with van der Waals surface area (Å²) in [6.07, 6.45) is -1.03. The fourth-order valence-corrected chi connectivity index (χ4v) is 3.20. The predicted octanol–water partition coefficient (Wildman–Crippen LogP) is 2.00. The lowest BCUT2D eigenvalue weighted by Crippen LogP contribution is -2.30. The molecule has 0 aliphatic heterocycles. The summed E-state index contributed by atoms with van der Waals surface area (Å²) in [6.45, 7) is 1.43. The molecule has 3 N–H and O–H groups in total. The number of anilines is 1. The van der Waals surface area contributed by atoms with Crippen LogP contribution in [-0.4, -0.2) is 32.2 Å². The Labute approximate surface area is 156 Å². The number of primary sulfonamides is 1. The molecule has 2 aromatic rings. The summed E-state index contributed by atoms with van der Waals surface area (Å²) < 4.78 is 27.8. The minimum absolute atomic E-state index is 0.0720. The second-order valence-corrected chi connectivity index (χ2v) is 7.91. The summed E-state index contributed by atoms with van der Waals surface area (Å²) in [4.78, 5) is 24.7. The van der Waals surface area contributed by atoms with Crippen molar-refractivity contribution in [1.82, 2.24) is 0 Å². The van der Waals surface area contributed by atoms with Gasteiger partial charge in [0.25, 0.3) is 5.91 Å². The molecular formula is C17H18N2O5S2. The Bertz CT molecular complexity index is 885. The number of hydrogen-bond donors (Lipinski definition) is 2. The molecule has 1 atom stereocenters. The van der Waals surface area contributed by atoms with Crippen LogP contribution in [0.5, 0.6) is 0 Å². The molecule has 0 fully saturated rings. The molecule has 26 heavy (non-hydrogen) atoms. The lowest BCUT2D eigenvalue weighted by Gasteiger charge is -2.14. The molecule has 0 unspecified atom stereocenters. The average Bonchev–Trinajstić information content (AvgIpc) is 2.60. The number of carbonyl (C=O) groups is 2. The minimum atomic E-state index is -3.87. The van der Waals surface area contributed by atoms with Gasteiger partial charge in [0.2, 0.25) is 10.0 Å². The van der Waals surface area contributed by atoms with E-state index in [1.165, 1.54) is 43.0 Å². The number of ether oxygens (including phenoxy) is 1. The van der Waals surface area contributed by atoms with Crippen molar-refractivity contribution in [2.75, 3.05) is 11.1 Å². The summed E-state index contributed by atoms with van der Waals surface area (Å²) in [5, 5.41) is 7.54. The van der Waals surface area contributed by atoms with E-state index in [2.05, 4.69) is 5.32 Å². The van der Waals surface area contributed by atoms with Crippen molar-refractivity contribution in [2.24, 2.45) is 5.14 Å². The molecule has 0 heterocycles. The number of esters is 1. The van der Waals surface area contributed by atoms with E-state index >= 15 is 0 Å². The summed E-state index contributed by atoms with van der Waals surface area (Å²) in [5.74, 6) is -1.03. The van der Waals surface area contributed by atoms with Crippen molar-refractivity contribution in [3.63, 3.8) is 0 Å². The largest absolute Gasteiger partial charge is 0.452 e. The van der Waals surface area contributed by atoms with Crippen LogP contribution >= 0.6 is 11.8 Å². The standard InChI is InChI=1S/C17H18N2O5S2/c1-12(24-16(20)11-25-14-7-3-2-4-8-14)17(21)19-13-6-5-9-15(10-13)26(18,22)23/h2-10,12H,11H2,1H3,(H,19,21)(H2,18,22,23)/t12-/m0/s1. The van der Waals surface area contributed by atoms with Crippen molar-refractivity contribution < 1.29 is 22.7 Å². The molecule has 0 spiro atoms. The van der Waals surface area contributed by atoms with E-state index in [4.69, 9.17) is 9.88 Å².